The van der Waals surface area contributed by atoms with E-state index in [1.54, 1.807) is 7.11 Å². The van der Waals surface area contributed by atoms with Gasteiger partial charge in [0.2, 0.25) is 5.91 Å². The monoisotopic (exact) mass is 401 g/mol. The molecule has 1 aliphatic rings. The average molecular weight is 402 g/mol. The maximum Gasteiger partial charge on any atom is 0.241 e. The highest BCUT2D eigenvalue weighted by Gasteiger charge is 2.28. The van der Waals surface area contributed by atoms with Crippen molar-refractivity contribution in [2.24, 2.45) is 0 Å². The Kier molecular flexibility index (Phi) is 6.94. The van der Waals surface area contributed by atoms with Crippen molar-refractivity contribution in [3.8, 4) is 5.75 Å². The minimum Gasteiger partial charge on any atom is -0.495 e. The molecule has 1 N–H and O–H groups in total. The Labute approximate surface area is 172 Å². The van der Waals surface area contributed by atoms with Crippen LogP contribution >= 0.6 is 11.6 Å². The lowest BCUT2D eigenvalue weighted by molar-refractivity contribution is -0.121. The van der Waals surface area contributed by atoms with E-state index in [9.17, 15) is 4.79 Å². The van der Waals surface area contributed by atoms with Gasteiger partial charge in [-0.2, -0.15) is 0 Å². The van der Waals surface area contributed by atoms with Crippen LogP contribution in [0.5, 0.6) is 5.75 Å². The number of anilines is 1. The fourth-order valence-electron chi connectivity index (χ4n) is 3.67. The number of hydrogen-bond acceptors (Lipinski definition) is 4. The quantitative estimate of drug-likeness (QED) is 0.792. The van der Waals surface area contributed by atoms with Crippen LogP contribution in [0.25, 0.3) is 0 Å². The molecule has 1 heterocycles. The molecule has 1 fully saturated rings. The third kappa shape index (κ3) is 4.66. The third-order valence-electron chi connectivity index (χ3n) is 5.54. The van der Waals surface area contributed by atoms with Crippen LogP contribution in [0.1, 0.15) is 25.5 Å². The lowest BCUT2D eigenvalue weighted by Gasteiger charge is -2.40. The number of ether oxygens (including phenoxy) is 1. The zero-order valence-electron chi connectivity index (χ0n) is 16.7. The van der Waals surface area contributed by atoms with E-state index in [-0.39, 0.29) is 18.0 Å². The Morgan fingerprint density at radius 1 is 1.00 bits per heavy atom. The smallest absolute Gasteiger partial charge is 0.241 e. The van der Waals surface area contributed by atoms with E-state index in [0.717, 1.165) is 36.8 Å². The van der Waals surface area contributed by atoms with Crippen molar-refractivity contribution in [2.45, 2.75) is 25.9 Å². The standard InChI is InChI=1S/C22H28ClN3O2/c1-16(18-8-4-5-9-19(18)23)25-12-14-26(15-13-25)17(2)22(27)24-20-10-6-7-11-21(20)28-3/h4-11,16-17H,12-15H2,1-3H3,(H,24,27). The van der Waals surface area contributed by atoms with Gasteiger partial charge in [-0.1, -0.05) is 41.9 Å². The van der Waals surface area contributed by atoms with Crippen LogP contribution in [0.2, 0.25) is 5.02 Å². The van der Waals surface area contributed by atoms with Crippen molar-refractivity contribution in [1.29, 1.82) is 0 Å². The summed E-state index contributed by atoms with van der Waals surface area (Å²) < 4.78 is 5.32. The molecule has 0 aromatic heterocycles. The summed E-state index contributed by atoms with van der Waals surface area (Å²) in [6.07, 6.45) is 0. The first-order chi connectivity index (χ1) is 13.5. The second kappa shape index (κ2) is 9.41. The maximum atomic E-state index is 12.7. The van der Waals surface area contributed by atoms with Crippen LogP contribution in [0.4, 0.5) is 5.69 Å². The summed E-state index contributed by atoms with van der Waals surface area (Å²) >= 11 is 6.36. The summed E-state index contributed by atoms with van der Waals surface area (Å²) in [5.41, 5.74) is 1.85. The van der Waals surface area contributed by atoms with Gasteiger partial charge in [0.25, 0.3) is 0 Å². The molecule has 5 nitrogen and oxygen atoms in total. The van der Waals surface area contributed by atoms with Crippen LogP contribution in [-0.4, -0.2) is 55.0 Å². The van der Waals surface area contributed by atoms with Crippen LogP contribution in [0.15, 0.2) is 48.5 Å². The van der Waals surface area contributed by atoms with E-state index in [4.69, 9.17) is 16.3 Å². The van der Waals surface area contributed by atoms with E-state index < -0.39 is 0 Å². The van der Waals surface area contributed by atoms with Gasteiger partial charge in [0.1, 0.15) is 5.75 Å². The van der Waals surface area contributed by atoms with E-state index in [1.165, 1.54) is 0 Å². The molecule has 0 saturated carbocycles. The summed E-state index contributed by atoms with van der Waals surface area (Å²) in [5.74, 6) is 0.651. The van der Waals surface area contributed by atoms with Gasteiger partial charge in [0, 0.05) is 37.2 Å². The molecule has 1 aliphatic heterocycles. The molecular weight excluding hydrogens is 374 g/mol. The molecule has 150 valence electrons. The molecule has 1 saturated heterocycles. The normalized spacial score (nSPS) is 17.7. The number of piperazine rings is 1. The number of methoxy groups -OCH3 is 1. The van der Waals surface area contributed by atoms with Gasteiger partial charge in [-0.3, -0.25) is 14.6 Å². The Bertz CT molecular complexity index is 806. The molecule has 0 radical (unpaired) electrons. The highest BCUT2D eigenvalue weighted by atomic mass is 35.5. The van der Waals surface area contributed by atoms with Crippen LogP contribution in [0.3, 0.4) is 0 Å². The fraction of sp³-hybridized carbons (Fsp3) is 0.409. The molecule has 3 rings (SSSR count). The molecular formula is C22H28ClN3O2. The van der Waals surface area contributed by atoms with Gasteiger partial charge in [-0.15, -0.1) is 0 Å². The Morgan fingerprint density at radius 3 is 2.29 bits per heavy atom. The van der Waals surface area contributed by atoms with Crippen molar-refractivity contribution in [3.05, 3.63) is 59.1 Å². The number of para-hydroxylation sites is 2. The molecule has 1 amide bonds. The maximum absolute atomic E-state index is 12.7. The first kappa shape index (κ1) is 20.6. The van der Waals surface area contributed by atoms with Crippen molar-refractivity contribution in [1.82, 2.24) is 9.80 Å². The molecule has 2 unspecified atom stereocenters. The van der Waals surface area contributed by atoms with Gasteiger partial charge >= 0.3 is 0 Å². The summed E-state index contributed by atoms with van der Waals surface area (Å²) in [6, 6.07) is 15.5. The Balaban J connectivity index is 1.57. The molecule has 28 heavy (non-hydrogen) atoms. The van der Waals surface area contributed by atoms with Crippen molar-refractivity contribution >= 4 is 23.2 Å². The van der Waals surface area contributed by atoms with E-state index in [2.05, 4.69) is 28.1 Å². The van der Waals surface area contributed by atoms with E-state index in [0.29, 0.717) is 11.4 Å². The Hall–Kier alpha value is -2.08. The summed E-state index contributed by atoms with van der Waals surface area (Å²) in [7, 11) is 1.60. The summed E-state index contributed by atoms with van der Waals surface area (Å²) in [4.78, 5) is 17.4. The van der Waals surface area contributed by atoms with Gasteiger partial charge in [0.15, 0.2) is 0 Å². The van der Waals surface area contributed by atoms with E-state index >= 15 is 0 Å². The molecule has 0 bridgehead atoms. The van der Waals surface area contributed by atoms with Crippen LogP contribution < -0.4 is 10.1 Å². The molecule has 2 aromatic rings. The van der Waals surface area contributed by atoms with Crippen molar-refractivity contribution in [3.63, 3.8) is 0 Å². The predicted octanol–water partition coefficient (Wildman–Crippen LogP) is 4.05. The summed E-state index contributed by atoms with van der Waals surface area (Å²) in [6.45, 7) is 7.63. The van der Waals surface area contributed by atoms with Crippen LogP contribution in [0, 0.1) is 0 Å². The number of nitrogens with zero attached hydrogens (tertiary/aromatic N) is 2. The third-order valence-corrected chi connectivity index (χ3v) is 5.89. The van der Waals surface area contributed by atoms with Crippen LogP contribution in [-0.2, 0) is 4.79 Å². The van der Waals surface area contributed by atoms with Crippen molar-refractivity contribution in [2.75, 3.05) is 38.6 Å². The lowest BCUT2D eigenvalue weighted by Crippen LogP contribution is -2.53. The zero-order valence-corrected chi connectivity index (χ0v) is 17.4. The largest absolute Gasteiger partial charge is 0.495 e. The molecule has 0 spiro atoms. The number of hydrogen-bond donors (Lipinski definition) is 1. The second-order valence-electron chi connectivity index (χ2n) is 7.13. The van der Waals surface area contributed by atoms with Gasteiger partial charge < -0.3 is 10.1 Å². The number of nitrogens with one attached hydrogen (secondary N) is 1. The predicted molar refractivity (Wildman–Crippen MR) is 114 cm³/mol. The Morgan fingerprint density at radius 2 is 1.61 bits per heavy atom. The number of halogens is 1. The van der Waals surface area contributed by atoms with Gasteiger partial charge in [-0.25, -0.2) is 0 Å². The zero-order chi connectivity index (χ0) is 20.1. The molecule has 6 heteroatoms. The number of benzene rings is 2. The highest BCUT2D eigenvalue weighted by molar-refractivity contribution is 6.31. The number of rotatable bonds is 6. The molecule has 0 aliphatic carbocycles. The SMILES string of the molecule is COc1ccccc1NC(=O)C(C)N1CCN(C(C)c2ccccc2Cl)CC1. The average Bonchev–Trinajstić information content (AvgIpc) is 2.73. The van der Waals surface area contributed by atoms with Gasteiger partial charge in [-0.05, 0) is 37.6 Å². The minimum atomic E-state index is -0.206. The van der Waals surface area contributed by atoms with E-state index in [1.807, 2.05) is 49.4 Å². The van der Waals surface area contributed by atoms with Crippen molar-refractivity contribution < 1.29 is 9.53 Å². The number of carbonyl (C=O) groups is 1. The highest BCUT2D eigenvalue weighted by Crippen LogP contribution is 2.28. The molecule has 2 atom stereocenters. The fourth-order valence-corrected chi connectivity index (χ4v) is 3.97. The first-order valence-electron chi connectivity index (χ1n) is 9.67. The lowest BCUT2D eigenvalue weighted by atomic mass is 10.1. The topological polar surface area (TPSA) is 44.8 Å². The summed E-state index contributed by atoms with van der Waals surface area (Å²) in [5, 5.41) is 3.80. The minimum absolute atomic E-state index is 0.0166. The van der Waals surface area contributed by atoms with Gasteiger partial charge in [0.05, 0.1) is 18.8 Å². The number of carbonyl (C=O) groups excluding carboxylic acids is 1. The second-order valence-corrected chi connectivity index (χ2v) is 7.54. The number of amides is 1. The first-order valence-corrected chi connectivity index (χ1v) is 10.1. The molecule has 2 aromatic carbocycles.